The summed E-state index contributed by atoms with van der Waals surface area (Å²) in [5, 5.41) is 3.51. The molecule has 0 bridgehead atoms. The van der Waals surface area contributed by atoms with Gasteiger partial charge in [-0.15, -0.1) is 0 Å². The minimum atomic E-state index is -3.51. The van der Waals surface area contributed by atoms with Crippen LogP contribution in [0.25, 0.3) is 0 Å². The minimum Gasteiger partial charge on any atom is -0.353 e. The van der Waals surface area contributed by atoms with Gasteiger partial charge in [-0.3, -0.25) is 4.79 Å². The Morgan fingerprint density at radius 1 is 1.15 bits per heavy atom. The molecule has 1 saturated heterocycles. The number of nitrogens with one attached hydrogen (secondary N) is 1. The molecule has 1 saturated carbocycles. The average molecular weight is 400 g/mol. The molecule has 26 heavy (non-hydrogen) atoms. The van der Waals surface area contributed by atoms with Crippen molar-refractivity contribution in [2.24, 2.45) is 0 Å². The van der Waals surface area contributed by atoms with Gasteiger partial charge in [0, 0.05) is 50.2 Å². The summed E-state index contributed by atoms with van der Waals surface area (Å²) in [4.78, 5) is 14.4. The number of sulfonamides is 1. The summed E-state index contributed by atoms with van der Waals surface area (Å²) in [5.74, 6) is 0.103. The fraction of sp³-hybridized carbons (Fsp3) is 0.611. The molecule has 0 radical (unpaired) electrons. The molecule has 0 spiro atoms. The van der Waals surface area contributed by atoms with E-state index in [9.17, 15) is 13.2 Å². The first-order chi connectivity index (χ1) is 12.4. The maximum atomic E-state index is 12.7. The van der Waals surface area contributed by atoms with E-state index in [1.165, 1.54) is 23.2 Å². The van der Waals surface area contributed by atoms with Gasteiger partial charge in [-0.2, -0.15) is 4.31 Å². The fourth-order valence-electron chi connectivity index (χ4n) is 3.60. The second-order valence-corrected chi connectivity index (χ2v) is 9.38. The number of carbonyl (C=O) groups is 1. The predicted octanol–water partition coefficient (Wildman–Crippen LogP) is 2.10. The zero-order valence-corrected chi connectivity index (χ0v) is 16.4. The van der Waals surface area contributed by atoms with Crippen molar-refractivity contribution in [1.29, 1.82) is 0 Å². The molecule has 2 aliphatic rings. The van der Waals surface area contributed by atoms with Gasteiger partial charge in [0.2, 0.25) is 15.9 Å². The fourth-order valence-corrected chi connectivity index (χ4v) is 5.32. The SMILES string of the molecule is O=C(CCN1CCN(S(=O)(=O)c2cccc(Cl)c2)CC1)NC1CCCC1. The van der Waals surface area contributed by atoms with E-state index >= 15 is 0 Å². The number of nitrogens with zero attached hydrogens (tertiary/aromatic N) is 2. The summed E-state index contributed by atoms with van der Waals surface area (Å²) in [6, 6.07) is 6.71. The van der Waals surface area contributed by atoms with Gasteiger partial charge in [-0.25, -0.2) is 8.42 Å². The van der Waals surface area contributed by atoms with Gasteiger partial charge < -0.3 is 10.2 Å². The van der Waals surface area contributed by atoms with Gasteiger partial charge in [0.05, 0.1) is 4.90 Å². The third kappa shape index (κ3) is 4.97. The molecule has 2 fully saturated rings. The van der Waals surface area contributed by atoms with E-state index in [0.717, 1.165) is 12.8 Å². The number of piperazine rings is 1. The molecule has 0 aromatic heterocycles. The second kappa shape index (κ2) is 8.69. The van der Waals surface area contributed by atoms with Gasteiger partial charge in [-0.05, 0) is 31.0 Å². The molecular formula is C18H26ClN3O3S. The quantitative estimate of drug-likeness (QED) is 0.795. The van der Waals surface area contributed by atoms with Crippen molar-refractivity contribution in [3.05, 3.63) is 29.3 Å². The van der Waals surface area contributed by atoms with E-state index in [4.69, 9.17) is 11.6 Å². The Kier molecular flexibility index (Phi) is 6.55. The lowest BCUT2D eigenvalue weighted by Crippen LogP contribution is -2.49. The first-order valence-corrected chi connectivity index (χ1v) is 11.0. The highest BCUT2D eigenvalue weighted by atomic mass is 35.5. The van der Waals surface area contributed by atoms with Crippen molar-refractivity contribution >= 4 is 27.5 Å². The summed E-state index contributed by atoms with van der Waals surface area (Å²) in [7, 11) is -3.51. The molecule has 8 heteroatoms. The van der Waals surface area contributed by atoms with Crippen LogP contribution in [0, 0.1) is 0 Å². The summed E-state index contributed by atoms with van der Waals surface area (Å²) in [6.07, 6.45) is 5.05. The lowest BCUT2D eigenvalue weighted by molar-refractivity contribution is -0.122. The number of carbonyl (C=O) groups excluding carboxylic acids is 1. The highest BCUT2D eigenvalue weighted by Crippen LogP contribution is 2.21. The molecule has 0 unspecified atom stereocenters. The van der Waals surface area contributed by atoms with Gasteiger partial charge in [0.15, 0.2) is 0 Å². The molecule has 6 nitrogen and oxygen atoms in total. The van der Waals surface area contributed by atoms with Crippen molar-refractivity contribution in [2.75, 3.05) is 32.7 Å². The van der Waals surface area contributed by atoms with Crippen LogP contribution in [0.2, 0.25) is 5.02 Å². The van der Waals surface area contributed by atoms with Crippen LogP contribution in [-0.2, 0) is 14.8 Å². The molecule has 1 N–H and O–H groups in total. The Hall–Kier alpha value is -1.15. The predicted molar refractivity (Wildman–Crippen MR) is 102 cm³/mol. The Morgan fingerprint density at radius 2 is 1.85 bits per heavy atom. The first kappa shape index (κ1) is 19.6. The van der Waals surface area contributed by atoms with Crippen LogP contribution in [0.3, 0.4) is 0 Å². The minimum absolute atomic E-state index is 0.103. The normalized spacial score (nSPS) is 20.3. The summed E-state index contributed by atoms with van der Waals surface area (Å²) in [5.41, 5.74) is 0. The molecule has 3 rings (SSSR count). The van der Waals surface area contributed by atoms with Gasteiger partial charge in [-0.1, -0.05) is 30.5 Å². The van der Waals surface area contributed by atoms with Gasteiger partial charge >= 0.3 is 0 Å². The molecule has 144 valence electrons. The number of amides is 1. The number of hydrogen-bond acceptors (Lipinski definition) is 4. The third-order valence-corrected chi connectivity index (χ3v) is 7.27. The van der Waals surface area contributed by atoms with Crippen LogP contribution >= 0.6 is 11.6 Å². The van der Waals surface area contributed by atoms with Crippen LogP contribution < -0.4 is 5.32 Å². The largest absolute Gasteiger partial charge is 0.353 e. The number of benzene rings is 1. The topological polar surface area (TPSA) is 69.7 Å². The molecule has 0 atom stereocenters. The van der Waals surface area contributed by atoms with Crippen molar-refractivity contribution in [1.82, 2.24) is 14.5 Å². The van der Waals surface area contributed by atoms with E-state index in [2.05, 4.69) is 10.2 Å². The molecular weight excluding hydrogens is 374 g/mol. The summed E-state index contributed by atoms with van der Waals surface area (Å²) in [6.45, 7) is 2.80. The molecule has 1 aliphatic heterocycles. The zero-order valence-electron chi connectivity index (χ0n) is 14.9. The first-order valence-electron chi connectivity index (χ1n) is 9.22. The number of rotatable bonds is 6. The molecule has 1 aliphatic carbocycles. The summed E-state index contributed by atoms with van der Waals surface area (Å²) < 4.78 is 26.9. The van der Waals surface area contributed by atoms with E-state index in [-0.39, 0.29) is 10.8 Å². The zero-order chi connectivity index (χ0) is 18.6. The number of hydrogen-bond donors (Lipinski definition) is 1. The number of halogens is 1. The third-order valence-electron chi connectivity index (χ3n) is 5.14. The maximum absolute atomic E-state index is 12.7. The lowest BCUT2D eigenvalue weighted by atomic mass is 10.2. The highest BCUT2D eigenvalue weighted by Gasteiger charge is 2.28. The van der Waals surface area contributed by atoms with Crippen LogP contribution in [0.1, 0.15) is 32.1 Å². The highest BCUT2D eigenvalue weighted by molar-refractivity contribution is 7.89. The van der Waals surface area contributed by atoms with Crippen LogP contribution in [-0.4, -0.2) is 62.3 Å². The van der Waals surface area contributed by atoms with Crippen LogP contribution in [0.4, 0.5) is 0 Å². The lowest BCUT2D eigenvalue weighted by Gasteiger charge is -2.33. The van der Waals surface area contributed by atoms with Crippen LogP contribution in [0.15, 0.2) is 29.2 Å². The maximum Gasteiger partial charge on any atom is 0.243 e. The molecule has 1 aromatic rings. The Bertz CT molecular complexity index is 727. The summed E-state index contributed by atoms with van der Waals surface area (Å²) >= 11 is 5.92. The van der Waals surface area contributed by atoms with Crippen LogP contribution in [0.5, 0.6) is 0 Å². The van der Waals surface area contributed by atoms with Crippen molar-refractivity contribution < 1.29 is 13.2 Å². The van der Waals surface area contributed by atoms with E-state index < -0.39 is 10.0 Å². The van der Waals surface area contributed by atoms with Crippen molar-refractivity contribution in [2.45, 2.75) is 43.0 Å². The van der Waals surface area contributed by atoms with E-state index in [1.54, 1.807) is 18.2 Å². The molecule has 1 heterocycles. The van der Waals surface area contributed by atoms with Gasteiger partial charge in [0.25, 0.3) is 0 Å². The van der Waals surface area contributed by atoms with E-state index in [0.29, 0.717) is 50.2 Å². The smallest absolute Gasteiger partial charge is 0.243 e. The molecule has 1 aromatic carbocycles. The Labute approximate surface area is 160 Å². The molecule has 1 amide bonds. The standard InChI is InChI=1S/C18H26ClN3O3S/c19-15-4-3-7-17(14-15)26(24,25)22-12-10-21(11-13-22)9-8-18(23)20-16-5-1-2-6-16/h3-4,7,14,16H,1-2,5-6,8-13H2,(H,20,23). The average Bonchev–Trinajstić information content (AvgIpc) is 3.13. The van der Waals surface area contributed by atoms with Crippen molar-refractivity contribution in [3.8, 4) is 0 Å². The van der Waals surface area contributed by atoms with Crippen molar-refractivity contribution in [3.63, 3.8) is 0 Å². The Balaban J connectivity index is 1.45. The second-order valence-electron chi connectivity index (χ2n) is 7.00. The van der Waals surface area contributed by atoms with Gasteiger partial charge in [0.1, 0.15) is 0 Å². The Morgan fingerprint density at radius 3 is 2.50 bits per heavy atom. The van der Waals surface area contributed by atoms with E-state index in [1.807, 2.05) is 0 Å². The monoisotopic (exact) mass is 399 g/mol.